The second kappa shape index (κ2) is 7.12. The first-order valence-electron chi connectivity index (χ1n) is 6.98. The van der Waals surface area contributed by atoms with Crippen LogP contribution in [0.15, 0.2) is 15.8 Å². The Morgan fingerprint density at radius 1 is 1.57 bits per heavy atom. The van der Waals surface area contributed by atoms with E-state index in [9.17, 15) is 24.2 Å². The molecule has 1 aromatic rings. The van der Waals surface area contributed by atoms with Gasteiger partial charge in [-0.05, 0) is 6.42 Å². The second-order valence-corrected chi connectivity index (χ2v) is 6.53. The molecule has 0 aliphatic carbocycles. The lowest BCUT2D eigenvalue weighted by atomic mass is 10.2. The van der Waals surface area contributed by atoms with Crippen LogP contribution in [0.3, 0.4) is 0 Å². The Hall–Kier alpha value is -1.23. The number of aliphatic hydroxyl groups is 1. The predicted molar refractivity (Wildman–Crippen MR) is 80.6 cm³/mol. The van der Waals surface area contributed by atoms with Crippen molar-refractivity contribution in [2.75, 3.05) is 6.61 Å². The quantitative estimate of drug-likeness (QED) is 0.414. The summed E-state index contributed by atoms with van der Waals surface area (Å²) >= 11 is 0. The highest BCUT2D eigenvalue weighted by Crippen LogP contribution is 2.47. The number of aromatic nitrogens is 2. The molecule has 3 N–H and O–H groups in total. The summed E-state index contributed by atoms with van der Waals surface area (Å²) in [5, 5.41) is 9.32. The minimum absolute atomic E-state index is 0.0360. The Bertz CT molecular complexity index is 719. The third-order valence-electron chi connectivity index (χ3n) is 3.59. The molecule has 23 heavy (non-hydrogen) atoms. The SMILES string of the molecule is BOP(=O)(O)O[C@H]1C[C@@H](n2cc(CC)c(=O)[nH]c2=O)OC1CO. The number of hydrogen-bond donors (Lipinski definition) is 3. The Kier molecular flexibility index (Phi) is 5.61. The monoisotopic (exact) mass is 348 g/mol. The fourth-order valence-corrected chi connectivity index (χ4v) is 3.00. The maximum absolute atomic E-state index is 11.9. The van der Waals surface area contributed by atoms with Crippen molar-refractivity contribution in [2.24, 2.45) is 0 Å². The molecule has 12 heteroatoms. The van der Waals surface area contributed by atoms with Crippen molar-refractivity contribution in [2.45, 2.75) is 38.2 Å². The summed E-state index contributed by atoms with van der Waals surface area (Å²) in [4.78, 5) is 35.1. The van der Waals surface area contributed by atoms with Crippen LogP contribution in [-0.4, -0.2) is 46.4 Å². The molecular formula is C11H18BN2O8P. The largest absolute Gasteiger partial charge is 0.457 e. The van der Waals surface area contributed by atoms with Gasteiger partial charge in [0.2, 0.25) is 0 Å². The van der Waals surface area contributed by atoms with Gasteiger partial charge in [0, 0.05) is 18.2 Å². The van der Waals surface area contributed by atoms with E-state index in [4.69, 9.17) is 9.26 Å². The van der Waals surface area contributed by atoms with Crippen molar-refractivity contribution in [3.63, 3.8) is 0 Å². The molecule has 2 heterocycles. The molecule has 128 valence electrons. The molecular weight excluding hydrogens is 330 g/mol. The Morgan fingerprint density at radius 2 is 2.26 bits per heavy atom. The third kappa shape index (κ3) is 4.00. The molecule has 0 spiro atoms. The molecule has 1 aliphatic rings. The average Bonchev–Trinajstić information content (AvgIpc) is 2.89. The standard InChI is InChI=1S/C11H18BN2O8P/c1-2-6-4-14(11(17)13-10(6)16)9-3-7(8(5-15)20-9)21-23(18,19)22-12/h4,7-9,15H,2-3,5,12H2,1H3,(H,18,19)(H,13,16,17)/t7-,8?,9-/m0/s1. The molecule has 0 bridgehead atoms. The summed E-state index contributed by atoms with van der Waals surface area (Å²) < 4.78 is 27.5. The lowest BCUT2D eigenvalue weighted by molar-refractivity contribution is -0.0449. The van der Waals surface area contributed by atoms with Crippen LogP contribution in [0, 0.1) is 0 Å². The van der Waals surface area contributed by atoms with Crippen molar-refractivity contribution in [1.82, 2.24) is 9.55 Å². The van der Waals surface area contributed by atoms with Gasteiger partial charge in [0.25, 0.3) is 13.6 Å². The molecule has 0 amide bonds. The zero-order valence-electron chi connectivity index (χ0n) is 12.7. The van der Waals surface area contributed by atoms with Crippen LogP contribution in [0.2, 0.25) is 0 Å². The molecule has 1 fully saturated rings. The van der Waals surface area contributed by atoms with E-state index in [1.54, 1.807) is 6.92 Å². The Labute approximate surface area is 132 Å². The van der Waals surface area contributed by atoms with Crippen LogP contribution in [0.1, 0.15) is 25.1 Å². The number of hydrogen-bond acceptors (Lipinski definition) is 7. The van der Waals surface area contributed by atoms with Crippen LogP contribution in [0.5, 0.6) is 0 Å². The van der Waals surface area contributed by atoms with E-state index in [1.807, 2.05) is 0 Å². The van der Waals surface area contributed by atoms with E-state index in [2.05, 4.69) is 9.43 Å². The minimum Gasteiger partial charge on any atom is -0.394 e. The maximum Gasteiger partial charge on any atom is 0.457 e. The topological polar surface area (TPSA) is 140 Å². The lowest BCUT2D eigenvalue weighted by Gasteiger charge is -2.18. The van der Waals surface area contributed by atoms with Crippen molar-refractivity contribution >= 4 is 15.9 Å². The summed E-state index contributed by atoms with van der Waals surface area (Å²) in [6.45, 7) is 1.29. The Balaban J connectivity index is 2.28. The van der Waals surface area contributed by atoms with Crippen molar-refractivity contribution in [1.29, 1.82) is 0 Å². The van der Waals surface area contributed by atoms with Crippen LogP contribution in [0.25, 0.3) is 0 Å². The average molecular weight is 348 g/mol. The second-order valence-electron chi connectivity index (χ2n) is 5.02. The highest BCUT2D eigenvalue weighted by molar-refractivity contribution is 7.48. The Morgan fingerprint density at radius 3 is 2.83 bits per heavy atom. The van der Waals surface area contributed by atoms with Crippen molar-refractivity contribution in [3.05, 3.63) is 32.6 Å². The van der Waals surface area contributed by atoms with Gasteiger partial charge in [-0.2, -0.15) is 0 Å². The number of aliphatic hydroxyl groups excluding tert-OH is 1. The van der Waals surface area contributed by atoms with Gasteiger partial charge < -0.3 is 19.2 Å². The number of aromatic amines is 1. The van der Waals surface area contributed by atoms with E-state index >= 15 is 0 Å². The number of phosphoric acid groups is 1. The number of phosphoric ester groups is 1. The van der Waals surface area contributed by atoms with Gasteiger partial charge in [-0.1, -0.05) is 6.92 Å². The minimum atomic E-state index is -4.26. The van der Waals surface area contributed by atoms with Gasteiger partial charge in [-0.15, -0.1) is 0 Å². The van der Waals surface area contributed by atoms with E-state index < -0.39 is 44.1 Å². The van der Waals surface area contributed by atoms with Gasteiger partial charge in [0.15, 0.2) is 0 Å². The van der Waals surface area contributed by atoms with Crippen LogP contribution >= 0.6 is 7.82 Å². The summed E-state index contributed by atoms with van der Waals surface area (Å²) in [5.41, 5.74) is -0.756. The van der Waals surface area contributed by atoms with Crippen molar-refractivity contribution < 1.29 is 28.3 Å². The van der Waals surface area contributed by atoms with Gasteiger partial charge >= 0.3 is 13.5 Å². The van der Waals surface area contributed by atoms with Gasteiger partial charge in [0.1, 0.15) is 18.4 Å². The summed E-state index contributed by atoms with van der Waals surface area (Å²) in [6.07, 6.45) is -0.861. The molecule has 0 aromatic carbocycles. The van der Waals surface area contributed by atoms with Crippen LogP contribution < -0.4 is 11.2 Å². The normalized spacial score (nSPS) is 27.0. The zero-order valence-corrected chi connectivity index (χ0v) is 13.6. The number of rotatable bonds is 6. The number of aryl methyl sites for hydroxylation is 1. The number of nitrogens with zero attached hydrogens (tertiary/aromatic N) is 1. The molecule has 0 radical (unpaired) electrons. The number of nitrogens with one attached hydrogen (secondary N) is 1. The number of H-pyrrole nitrogens is 1. The van der Waals surface area contributed by atoms with Crippen molar-refractivity contribution in [3.8, 4) is 0 Å². The highest BCUT2D eigenvalue weighted by Gasteiger charge is 2.41. The van der Waals surface area contributed by atoms with E-state index in [1.165, 1.54) is 10.8 Å². The van der Waals surface area contributed by atoms with E-state index in [0.717, 1.165) is 8.05 Å². The summed E-state index contributed by atoms with van der Waals surface area (Å²) in [6, 6.07) is 0. The smallest absolute Gasteiger partial charge is 0.394 e. The molecule has 0 saturated carbocycles. The fraction of sp³-hybridized carbons (Fsp3) is 0.636. The highest BCUT2D eigenvalue weighted by atomic mass is 31.2. The summed E-state index contributed by atoms with van der Waals surface area (Å²) in [5.74, 6) is 0. The molecule has 2 rings (SSSR count). The zero-order chi connectivity index (χ0) is 17.2. The summed E-state index contributed by atoms with van der Waals surface area (Å²) in [7, 11) is -3.25. The first-order chi connectivity index (χ1) is 10.8. The van der Waals surface area contributed by atoms with Gasteiger partial charge in [0.05, 0.1) is 6.61 Å². The van der Waals surface area contributed by atoms with E-state index in [-0.39, 0.29) is 6.42 Å². The van der Waals surface area contributed by atoms with E-state index in [0.29, 0.717) is 12.0 Å². The molecule has 1 aliphatic heterocycles. The molecule has 1 aromatic heterocycles. The molecule has 10 nitrogen and oxygen atoms in total. The third-order valence-corrected chi connectivity index (χ3v) is 4.59. The molecule has 2 unspecified atom stereocenters. The lowest BCUT2D eigenvalue weighted by Crippen LogP contribution is -2.34. The van der Waals surface area contributed by atoms with Gasteiger partial charge in [-0.3, -0.25) is 18.9 Å². The molecule has 4 atom stereocenters. The van der Waals surface area contributed by atoms with Crippen LogP contribution in [-0.2, 0) is 24.7 Å². The predicted octanol–water partition coefficient (Wildman–Crippen LogP) is -1.57. The number of ether oxygens (including phenoxy) is 1. The molecule has 1 saturated heterocycles. The first kappa shape index (κ1) is 18.1. The van der Waals surface area contributed by atoms with Gasteiger partial charge in [-0.25, -0.2) is 9.36 Å². The van der Waals surface area contributed by atoms with Crippen LogP contribution in [0.4, 0.5) is 0 Å². The fourth-order valence-electron chi connectivity index (χ4n) is 2.35. The maximum atomic E-state index is 11.9. The first-order valence-corrected chi connectivity index (χ1v) is 8.48.